The molecule has 5 heteroatoms. The van der Waals surface area contributed by atoms with Crippen LogP contribution in [0.15, 0.2) is 44.7 Å². The van der Waals surface area contributed by atoms with Gasteiger partial charge < -0.3 is 14.2 Å². The Kier molecular flexibility index (Phi) is 2.90. The molecule has 0 radical (unpaired) electrons. The molecule has 3 aromatic heterocycles. The third-order valence-electron chi connectivity index (χ3n) is 2.49. The first-order chi connectivity index (χ1) is 8.81. The highest BCUT2D eigenvalue weighted by atomic mass is 32.1. The molecular formula is C13H12N2O2S. The second-order valence-corrected chi connectivity index (χ2v) is 4.74. The summed E-state index contributed by atoms with van der Waals surface area (Å²) in [4.78, 5) is 4.47. The fourth-order valence-corrected chi connectivity index (χ4v) is 2.31. The van der Waals surface area contributed by atoms with Crippen molar-refractivity contribution in [3.05, 3.63) is 47.4 Å². The molecule has 0 atom stereocenters. The number of furan rings is 2. The second-order valence-electron chi connectivity index (χ2n) is 3.88. The lowest BCUT2D eigenvalue weighted by Crippen LogP contribution is -1.97. The quantitative estimate of drug-likeness (QED) is 0.772. The van der Waals surface area contributed by atoms with Crippen molar-refractivity contribution in [2.75, 3.05) is 5.32 Å². The Morgan fingerprint density at radius 1 is 1.33 bits per heavy atom. The van der Waals surface area contributed by atoms with E-state index in [1.165, 1.54) is 0 Å². The van der Waals surface area contributed by atoms with Gasteiger partial charge in [-0.3, -0.25) is 0 Å². The number of nitrogens with zero attached hydrogens (tertiary/aromatic N) is 1. The van der Waals surface area contributed by atoms with Crippen LogP contribution in [0.2, 0.25) is 0 Å². The number of hydrogen-bond donors (Lipinski definition) is 1. The highest BCUT2D eigenvalue weighted by molar-refractivity contribution is 7.14. The summed E-state index contributed by atoms with van der Waals surface area (Å²) in [5, 5.41) is 6.05. The molecule has 0 bridgehead atoms. The first-order valence-corrected chi connectivity index (χ1v) is 6.48. The molecule has 18 heavy (non-hydrogen) atoms. The Morgan fingerprint density at radius 2 is 2.28 bits per heavy atom. The van der Waals surface area contributed by atoms with Crippen molar-refractivity contribution in [3.8, 4) is 11.5 Å². The van der Waals surface area contributed by atoms with Crippen LogP contribution in [0.4, 0.5) is 5.13 Å². The average molecular weight is 260 g/mol. The van der Waals surface area contributed by atoms with Crippen LogP contribution < -0.4 is 5.32 Å². The van der Waals surface area contributed by atoms with E-state index in [0.29, 0.717) is 6.54 Å². The smallest absolute Gasteiger partial charge is 0.183 e. The molecule has 0 aliphatic heterocycles. The fourth-order valence-electron chi connectivity index (χ4n) is 1.62. The van der Waals surface area contributed by atoms with Gasteiger partial charge in [-0.2, -0.15) is 0 Å². The van der Waals surface area contributed by atoms with Gasteiger partial charge in [0.2, 0.25) is 0 Å². The maximum atomic E-state index is 5.53. The first kappa shape index (κ1) is 11.1. The zero-order chi connectivity index (χ0) is 12.4. The molecule has 1 N–H and O–H groups in total. The van der Waals surface area contributed by atoms with E-state index in [0.717, 1.165) is 28.1 Å². The van der Waals surface area contributed by atoms with Gasteiger partial charge in [0, 0.05) is 5.38 Å². The van der Waals surface area contributed by atoms with Crippen molar-refractivity contribution in [1.82, 2.24) is 4.98 Å². The summed E-state index contributed by atoms with van der Waals surface area (Å²) in [5.41, 5.74) is 0.857. The van der Waals surface area contributed by atoms with Crippen LogP contribution in [-0.2, 0) is 6.54 Å². The molecular weight excluding hydrogens is 248 g/mol. The van der Waals surface area contributed by atoms with Crippen molar-refractivity contribution < 1.29 is 8.83 Å². The Morgan fingerprint density at radius 3 is 3.00 bits per heavy atom. The molecule has 0 aliphatic carbocycles. The molecule has 0 saturated heterocycles. The van der Waals surface area contributed by atoms with Crippen LogP contribution in [0.1, 0.15) is 11.5 Å². The summed E-state index contributed by atoms with van der Waals surface area (Å²) in [6.07, 6.45) is 1.66. The van der Waals surface area contributed by atoms with Crippen molar-refractivity contribution in [2.24, 2.45) is 0 Å². The topological polar surface area (TPSA) is 51.2 Å². The van der Waals surface area contributed by atoms with Gasteiger partial charge in [0.15, 0.2) is 10.9 Å². The maximum absolute atomic E-state index is 5.53. The third kappa shape index (κ3) is 2.31. The van der Waals surface area contributed by atoms with Crippen molar-refractivity contribution in [1.29, 1.82) is 0 Å². The fraction of sp³-hybridized carbons (Fsp3) is 0.154. The normalized spacial score (nSPS) is 10.7. The summed E-state index contributed by atoms with van der Waals surface area (Å²) in [6, 6.07) is 7.67. The Balaban J connectivity index is 1.70. The minimum Gasteiger partial charge on any atom is -0.467 e. The van der Waals surface area contributed by atoms with Gasteiger partial charge >= 0.3 is 0 Å². The second kappa shape index (κ2) is 4.70. The van der Waals surface area contributed by atoms with Crippen molar-refractivity contribution >= 4 is 16.5 Å². The summed E-state index contributed by atoms with van der Waals surface area (Å²) in [7, 11) is 0. The van der Waals surface area contributed by atoms with Crippen LogP contribution in [0, 0.1) is 6.92 Å². The Labute approximate surface area is 108 Å². The van der Waals surface area contributed by atoms with Crippen LogP contribution in [0.25, 0.3) is 11.5 Å². The van der Waals surface area contributed by atoms with E-state index in [1.54, 1.807) is 17.6 Å². The number of rotatable bonds is 4. The van der Waals surface area contributed by atoms with Crippen LogP contribution in [-0.4, -0.2) is 4.98 Å². The van der Waals surface area contributed by atoms with Gasteiger partial charge in [-0.05, 0) is 31.2 Å². The maximum Gasteiger partial charge on any atom is 0.183 e. The number of aryl methyl sites for hydroxylation is 1. The van der Waals surface area contributed by atoms with Gasteiger partial charge in [-0.15, -0.1) is 11.3 Å². The molecule has 3 rings (SSSR count). The minimum atomic E-state index is 0.636. The van der Waals surface area contributed by atoms with Gasteiger partial charge in [0.05, 0.1) is 12.8 Å². The van der Waals surface area contributed by atoms with Gasteiger partial charge in [0.1, 0.15) is 17.2 Å². The molecule has 0 saturated carbocycles. The summed E-state index contributed by atoms with van der Waals surface area (Å²) in [5.74, 6) is 2.58. The summed E-state index contributed by atoms with van der Waals surface area (Å²) in [6.45, 7) is 2.56. The van der Waals surface area contributed by atoms with Crippen molar-refractivity contribution in [2.45, 2.75) is 13.5 Å². The molecule has 0 amide bonds. The lowest BCUT2D eigenvalue weighted by Gasteiger charge is -1.98. The highest BCUT2D eigenvalue weighted by Gasteiger charge is 2.08. The van der Waals surface area contributed by atoms with E-state index < -0.39 is 0 Å². The van der Waals surface area contributed by atoms with E-state index in [9.17, 15) is 0 Å². The molecule has 0 spiro atoms. The molecule has 92 valence electrons. The van der Waals surface area contributed by atoms with E-state index in [4.69, 9.17) is 8.83 Å². The van der Waals surface area contributed by atoms with E-state index in [-0.39, 0.29) is 0 Å². The van der Waals surface area contributed by atoms with E-state index >= 15 is 0 Å². The molecule has 0 aliphatic rings. The van der Waals surface area contributed by atoms with Gasteiger partial charge in [-0.25, -0.2) is 4.98 Å². The molecule has 3 aromatic rings. The molecule has 0 unspecified atom stereocenters. The Hall–Kier alpha value is -2.01. The minimum absolute atomic E-state index is 0.636. The predicted molar refractivity (Wildman–Crippen MR) is 70.6 cm³/mol. The van der Waals surface area contributed by atoms with Crippen molar-refractivity contribution in [3.63, 3.8) is 0 Å². The molecule has 4 nitrogen and oxygen atoms in total. The first-order valence-electron chi connectivity index (χ1n) is 5.60. The van der Waals surface area contributed by atoms with Crippen LogP contribution in [0.3, 0.4) is 0 Å². The van der Waals surface area contributed by atoms with Gasteiger partial charge in [-0.1, -0.05) is 0 Å². The lowest BCUT2D eigenvalue weighted by atomic mass is 10.4. The largest absolute Gasteiger partial charge is 0.467 e. The number of thiazole rings is 1. The summed E-state index contributed by atoms with van der Waals surface area (Å²) < 4.78 is 10.8. The number of hydrogen-bond acceptors (Lipinski definition) is 5. The van der Waals surface area contributed by atoms with Crippen LogP contribution >= 0.6 is 11.3 Å². The number of anilines is 1. The lowest BCUT2D eigenvalue weighted by molar-refractivity contribution is 0.518. The van der Waals surface area contributed by atoms with Crippen LogP contribution in [0.5, 0.6) is 0 Å². The SMILES string of the molecule is Cc1ccc(-c2csc(NCc3ccco3)n2)o1. The average Bonchev–Trinajstić information content (AvgIpc) is 3.07. The zero-order valence-corrected chi connectivity index (χ0v) is 10.7. The predicted octanol–water partition coefficient (Wildman–Crippen LogP) is 3.92. The number of nitrogens with one attached hydrogen (secondary N) is 1. The monoisotopic (exact) mass is 260 g/mol. The van der Waals surface area contributed by atoms with E-state index in [1.807, 2.05) is 36.6 Å². The number of aromatic nitrogens is 1. The standard InChI is InChI=1S/C13H12N2O2S/c1-9-4-5-12(17-9)11-8-18-13(15-11)14-7-10-3-2-6-16-10/h2-6,8H,7H2,1H3,(H,14,15). The molecule has 3 heterocycles. The Bertz CT molecular complexity index is 625. The highest BCUT2D eigenvalue weighted by Crippen LogP contribution is 2.26. The molecule has 0 aromatic carbocycles. The molecule has 0 fully saturated rings. The van der Waals surface area contributed by atoms with Gasteiger partial charge in [0.25, 0.3) is 0 Å². The van der Waals surface area contributed by atoms with E-state index in [2.05, 4.69) is 10.3 Å². The third-order valence-corrected chi connectivity index (χ3v) is 3.29. The zero-order valence-electron chi connectivity index (χ0n) is 9.84. The summed E-state index contributed by atoms with van der Waals surface area (Å²) >= 11 is 1.55.